The van der Waals surface area contributed by atoms with Crippen molar-refractivity contribution < 1.29 is 9.53 Å². The minimum absolute atomic E-state index is 0.127. The van der Waals surface area contributed by atoms with Gasteiger partial charge in [0.15, 0.2) is 0 Å². The van der Waals surface area contributed by atoms with Crippen LogP contribution in [0.3, 0.4) is 0 Å². The minimum atomic E-state index is -0.191. The van der Waals surface area contributed by atoms with Gasteiger partial charge in [-0.1, -0.05) is 26.0 Å². The van der Waals surface area contributed by atoms with E-state index in [1.165, 1.54) is 0 Å². The first-order valence-corrected chi connectivity index (χ1v) is 5.83. The first-order chi connectivity index (χ1) is 7.45. The molecule has 0 atom stereocenters. The molecule has 88 valence electrons. The number of carbonyl (C=O) groups is 1. The summed E-state index contributed by atoms with van der Waals surface area (Å²) < 4.78 is 5.18. The summed E-state index contributed by atoms with van der Waals surface area (Å²) in [5.41, 5.74) is 1.01. The molecule has 0 heterocycles. The van der Waals surface area contributed by atoms with Gasteiger partial charge in [-0.25, -0.2) is 0 Å². The minimum Gasteiger partial charge on any atom is -0.497 e. The van der Waals surface area contributed by atoms with Gasteiger partial charge in [-0.3, -0.25) is 4.79 Å². The maximum Gasteiger partial charge on any atom is 0.287 e. The van der Waals surface area contributed by atoms with Crippen molar-refractivity contribution in [3.8, 4) is 5.75 Å². The molecule has 16 heavy (non-hydrogen) atoms. The van der Waals surface area contributed by atoms with E-state index in [0.29, 0.717) is 6.54 Å². The standard InChI is InChI=1S/C12H16BrNO2/c1-12(2,8-14-11(13)15)9-5-4-6-10(7-9)16-3/h4-7H,8H2,1-3H3,(H,14,15). The van der Waals surface area contributed by atoms with Crippen molar-refractivity contribution in [2.75, 3.05) is 13.7 Å². The van der Waals surface area contributed by atoms with E-state index in [-0.39, 0.29) is 10.2 Å². The molecule has 1 N–H and O–H groups in total. The SMILES string of the molecule is COc1cccc(C(C)(C)CNC(=O)Br)c1. The summed E-state index contributed by atoms with van der Waals surface area (Å²) in [5.74, 6) is 0.829. The smallest absolute Gasteiger partial charge is 0.287 e. The van der Waals surface area contributed by atoms with E-state index >= 15 is 0 Å². The lowest BCUT2D eigenvalue weighted by atomic mass is 9.84. The fourth-order valence-corrected chi connectivity index (χ4v) is 1.58. The number of hydrogen-bond acceptors (Lipinski definition) is 2. The third-order valence-corrected chi connectivity index (χ3v) is 2.80. The molecular weight excluding hydrogens is 270 g/mol. The van der Waals surface area contributed by atoms with E-state index < -0.39 is 0 Å². The number of benzene rings is 1. The van der Waals surface area contributed by atoms with Crippen LogP contribution in [0.15, 0.2) is 24.3 Å². The molecule has 0 spiro atoms. The van der Waals surface area contributed by atoms with Crippen LogP contribution in [0.2, 0.25) is 0 Å². The van der Waals surface area contributed by atoms with Crippen LogP contribution in [0.25, 0.3) is 0 Å². The summed E-state index contributed by atoms with van der Waals surface area (Å²) >= 11 is 2.85. The highest BCUT2D eigenvalue weighted by Gasteiger charge is 2.21. The molecule has 0 saturated carbocycles. The summed E-state index contributed by atoms with van der Waals surface area (Å²) in [6.07, 6.45) is 0. The van der Waals surface area contributed by atoms with Crippen LogP contribution in [0, 0.1) is 0 Å². The Labute approximate surface area is 104 Å². The van der Waals surface area contributed by atoms with Crippen LogP contribution in [0.4, 0.5) is 4.79 Å². The Morgan fingerprint density at radius 3 is 2.75 bits per heavy atom. The maximum absolute atomic E-state index is 10.8. The molecule has 0 bridgehead atoms. The number of nitrogens with one attached hydrogen (secondary N) is 1. The van der Waals surface area contributed by atoms with Crippen LogP contribution in [0.5, 0.6) is 5.75 Å². The Balaban J connectivity index is 2.83. The van der Waals surface area contributed by atoms with Crippen LogP contribution < -0.4 is 10.1 Å². The third kappa shape index (κ3) is 3.52. The van der Waals surface area contributed by atoms with Gasteiger partial charge < -0.3 is 10.1 Å². The average Bonchev–Trinajstić information content (AvgIpc) is 2.27. The number of carbonyl (C=O) groups excluding carboxylic acids is 1. The van der Waals surface area contributed by atoms with Crippen LogP contribution in [-0.2, 0) is 5.41 Å². The van der Waals surface area contributed by atoms with Crippen LogP contribution in [0.1, 0.15) is 19.4 Å². The van der Waals surface area contributed by atoms with Gasteiger partial charge in [-0.15, -0.1) is 0 Å². The van der Waals surface area contributed by atoms with Crippen molar-refractivity contribution in [2.45, 2.75) is 19.3 Å². The number of ether oxygens (including phenoxy) is 1. The first-order valence-electron chi connectivity index (χ1n) is 5.03. The molecule has 0 aliphatic carbocycles. The zero-order chi connectivity index (χ0) is 12.2. The second kappa shape index (κ2) is 5.34. The van der Waals surface area contributed by atoms with Gasteiger partial charge in [0, 0.05) is 27.9 Å². The molecule has 0 radical (unpaired) electrons. The molecule has 1 aromatic carbocycles. The molecule has 1 aromatic rings. The van der Waals surface area contributed by atoms with Gasteiger partial charge in [0.1, 0.15) is 5.75 Å². The average molecular weight is 286 g/mol. The highest BCUT2D eigenvalue weighted by molar-refractivity contribution is 9.18. The van der Waals surface area contributed by atoms with E-state index in [1.54, 1.807) is 7.11 Å². The molecular formula is C12H16BrNO2. The summed E-state index contributed by atoms with van der Waals surface area (Å²) in [6.45, 7) is 4.72. The van der Waals surface area contributed by atoms with Crippen molar-refractivity contribution in [1.29, 1.82) is 0 Å². The third-order valence-electron chi connectivity index (χ3n) is 2.52. The molecule has 0 aliphatic heterocycles. The first kappa shape index (κ1) is 13.0. The molecule has 0 unspecified atom stereocenters. The lowest BCUT2D eigenvalue weighted by Gasteiger charge is -2.25. The highest BCUT2D eigenvalue weighted by atomic mass is 79.9. The Bertz CT molecular complexity index is 377. The normalized spacial score (nSPS) is 11.0. The molecule has 0 aliphatic rings. The Morgan fingerprint density at radius 1 is 1.50 bits per heavy atom. The Hall–Kier alpha value is -1.03. The van der Waals surface area contributed by atoms with Gasteiger partial charge >= 0.3 is 0 Å². The van der Waals surface area contributed by atoms with E-state index in [9.17, 15) is 4.79 Å². The number of methoxy groups -OCH3 is 1. The van der Waals surface area contributed by atoms with Crippen molar-refractivity contribution in [3.05, 3.63) is 29.8 Å². The predicted molar refractivity (Wildman–Crippen MR) is 68.3 cm³/mol. The van der Waals surface area contributed by atoms with Gasteiger partial charge in [0.05, 0.1) is 7.11 Å². The number of rotatable bonds is 4. The molecule has 1 amide bonds. The maximum atomic E-state index is 10.8. The molecule has 0 fully saturated rings. The van der Waals surface area contributed by atoms with Gasteiger partial charge in [-0.05, 0) is 17.7 Å². The monoisotopic (exact) mass is 285 g/mol. The summed E-state index contributed by atoms with van der Waals surface area (Å²) in [6, 6.07) is 7.87. The lowest BCUT2D eigenvalue weighted by Crippen LogP contribution is -2.34. The lowest BCUT2D eigenvalue weighted by molar-refractivity contribution is 0.259. The second-order valence-corrected chi connectivity index (χ2v) is 4.96. The summed E-state index contributed by atoms with van der Waals surface area (Å²) in [4.78, 5) is 10.6. The Morgan fingerprint density at radius 2 is 2.19 bits per heavy atom. The van der Waals surface area contributed by atoms with E-state index in [4.69, 9.17) is 4.74 Å². The van der Waals surface area contributed by atoms with Gasteiger partial charge in [-0.2, -0.15) is 0 Å². The van der Waals surface area contributed by atoms with E-state index in [2.05, 4.69) is 35.1 Å². The van der Waals surface area contributed by atoms with E-state index in [1.807, 2.05) is 24.3 Å². The Kier molecular flexibility index (Phi) is 4.35. The predicted octanol–water partition coefficient (Wildman–Crippen LogP) is 3.08. The molecule has 4 heteroatoms. The molecule has 1 rings (SSSR count). The fraction of sp³-hybridized carbons (Fsp3) is 0.417. The number of halogens is 1. The number of amides is 1. The zero-order valence-electron chi connectivity index (χ0n) is 9.71. The van der Waals surface area contributed by atoms with Crippen molar-refractivity contribution in [2.24, 2.45) is 0 Å². The van der Waals surface area contributed by atoms with E-state index in [0.717, 1.165) is 11.3 Å². The van der Waals surface area contributed by atoms with Crippen LogP contribution >= 0.6 is 15.9 Å². The molecule has 3 nitrogen and oxygen atoms in total. The molecule has 0 aromatic heterocycles. The van der Waals surface area contributed by atoms with Gasteiger partial charge in [0.25, 0.3) is 4.82 Å². The fourth-order valence-electron chi connectivity index (χ4n) is 1.44. The topological polar surface area (TPSA) is 38.3 Å². The molecule has 0 saturated heterocycles. The zero-order valence-corrected chi connectivity index (χ0v) is 11.3. The summed E-state index contributed by atoms with van der Waals surface area (Å²) in [5, 5.41) is 2.76. The van der Waals surface area contributed by atoms with Gasteiger partial charge in [0.2, 0.25) is 0 Å². The number of hydrogen-bond donors (Lipinski definition) is 1. The van der Waals surface area contributed by atoms with Crippen molar-refractivity contribution in [1.82, 2.24) is 5.32 Å². The van der Waals surface area contributed by atoms with Crippen molar-refractivity contribution in [3.63, 3.8) is 0 Å². The second-order valence-electron chi connectivity index (χ2n) is 4.24. The van der Waals surface area contributed by atoms with Crippen molar-refractivity contribution >= 4 is 20.7 Å². The van der Waals surface area contributed by atoms with Crippen LogP contribution in [-0.4, -0.2) is 18.5 Å². The highest BCUT2D eigenvalue weighted by Crippen LogP contribution is 2.25. The largest absolute Gasteiger partial charge is 0.497 e. The quantitative estimate of drug-likeness (QED) is 0.682. The summed E-state index contributed by atoms with van der Waals surface area (Å²) in [7, 11) is 1.65.